The lowest BCUT2D eigenvalue weighted by Crippen LogP contribution is -2.49. The first-order valence-corrected chi connectivity index (χ1v) is 11.2. The lowest BCUT2D eigenvalue weighted by atomic mass is 10.2. The summed E-state index contributed by atoms with van der Waals surface area (Å²) in [6.07, 6.45) is 0.0803. The second kappa shape index (κ2) is 9.19. The smallest absolute Gasteiger partial charge is 0.312 e. The summed E-state index contributed by atoms with van der Waals surface area (Å²) >= 11 is 3.12. The summed E-state index contributed by atoms with van der Waals surface area (Å²) in [5, 5.41) is 4.76. The van der Waals surface area contributed by atoms with Crippen LogP contribution in [0.15, 0.2) is 53.2 Å². The highest BCUT2D eigenvalue weighted by Crippen LogP contribution is 2.27. The van der Waals surface area contributed by atoms with Gasteiger partial charge in [-0.2, -0.15) is 0 Å². The van der Waals surface area contributed by atoms with Crippen LogP contribution >= 0.6 is 22.7 Å². The number of hydrogen-bond acceptors (Lipinski definition) is 7. The fraction of sp³-hybridized carbons (Fsp3) is 0.286. The van der Waals surface area contributed by atoms with Crippen molar-refractivity contribution in [2.75, 3.05) is 37.7 Å². The lowest BCUT2D eigenvalue weighted by Gasteiger charge is -2.36. The number of carbonyl (C=O) groups is 2. The van der Waals surface area contributed by atoms with E-state index in [1.54, 1.807) is 16.2 Å². The van der Waals surface area contributed by atoms with Crippen LogP contribution in [0.3, 0.4) is 0 Å². The van der Waals surface area contributed by atoms with Crippen molar-refractivity contribution in [3.63, 3.8) is 0 Å². The molecule has 1 saturated heterocycles. The van der Waals surface area contributed by atoms with Crippen molar-refractivity contribution in [1.29, 1.82) is 0 Å². The minimum atomic E-state index is -0.427. The van der Waals surface area contributed by atoms with Gasteiger partial charge in [0.25, 0.3) is 5.91 Å². The highest BCUT2D eigenvalue weighted by atomic mass is 32.1. The molecule has 0 N–H and O–H groups in total. The summed E-state index contributed by atoms with van der Waals surface area (Å²) in [7, 11) is 0. The maximum atomic E-state index is 12.4. The van der Waals surface area contributed by atoms with Crippen LogP contribution in [0.5, 0.6) is 0 Å². The molecule has 0 saturated carbocycles. The molecule has 3 aromatic rings. The third kappa shape index (κ3) is 5.02. The Kier molecular flexibility index (Phi) is 6.21. The van der Waals surface area contributed by atoms with Crippen LogP contribution in [0.1, 0.15) is 5.69 Å². The molecule has 150 valence electrons. The Balaban J connectivity index is 1.21. The molecule has 8 heteroatoms. The van der Waals surface area contributed by atoms with E-state index in [2.05, 4.69) is 22.0 Å². The highest BCUT2D eigenvalue weighted by Gasteiger charge is 2.22. The van der Waals surface area contributed by atoms with E-state index in [-0.39, 0.29) is 18.9 Å². The fourth-order valence-corrected chi connectivity index (χ4v) is 4.82. The van der Waals surface area contributed by atoms with Crippen molar-refractivity contribution in [3.05, 3.63) is 58.9 Å². The average molecular weight is 428 g/mol. The Morgan fingerprint density at radius 2 is 1.79 bits per heavy atom. The summed E-state index contributed by atoms with van der Waals surface area (Å²) in [4.78, 5) is 34.0. The van der Waals surface area contributed by atoms with Crippen LogP contribution in [0, 0.1) is 0 Å². The van der Waals surface area contributed by atoms with E-state index in [4.69, 9.17) is 4.74 Å². The molecule has 3 heterocycles. The van der Waals surface area contributed by atoms with Crippen molar-refractivity contribution in [2.24, 2.45) is 0 Å². The van der Waals surface area contributed by atoms with Crippen molar-refractivity contribution >= 4 is 40.2 Å². The number of rotatable bonds is 6. The maximum absolute atomic E-state index is 12.4. The largest absolute Gasteiger partial charge is 0.455 e. The van der Waals surface area contributed by atoms with Crippen molar-refractivity contribution < 1.29 is 14.3 Å². The molecule has 2 aromatic heterocycles. The number of aromatic nitrogens is 1. The molecule has 0 spiro atoms. The predicted molar refractivity (Wildman–Crippen MR) is 115 cm³/mol. The summed E-state index contributed by atoms with van der Waals surface area (Å²) in [6.45, 7) is 2.58. The Labute approximate surface area is 177 Å². The van der Waals surface area contributed by atoms with Crippen LogP contribution in [0.2, 0.25) is 0 Å². The number of piperazine rings is 1. The van der Waals surface area contributed by atoms with Crippen LogP contribution < -0.4 is 4.90 Å². The van der Waals surface area contributed by atoms with Crippen LogP contribution in [0.4, 0.5) is 5.69 Å². The van der Waals surface area contributed by atoms with E-state index >= 15 is 0 Å². The first-order valence-electron chi connectivity index (χ1n) is 9.41. The molecule has 0 aliphatic carbocycles. The topological polar surface area (TPSA) is 62.7 Å². The summed E-state index contributed by atoms with van der Waals surface area (Å²) < 4.78 is 5.20. The number of para-hydroxylation sites is 1. The molecule has 0 radical (unpaired) electrons. The second-order valence-corrected chi connectivity index (χ2v) is 8.47. The third-order valence-electron chi connectivity index (χ3n) is 4.72. The molecule has 0 unspecified atom stereocenters. The van der Waals surface area contributed by atoms with E-state index in [9.17, 15) is 9.59 Å². The van der Waals surface area contributed by atoms with Gasteiger partial charge >= 0.3 is 5.97 Å². The first kappa shape index (κ1) is 19.6. The number of thiophene rings is 1. The molecule has 1 aromatic carbocycles. The average Bonchev–Trinajstić information content (AvgIpc) is 3.45. The Hall–Kier alpha value is -2.71. The third-order valence-corrected chi connectivity index (χ3v) is 6.65. The zero-order chi connectivity index (χ0) is 20.1. The lowest BCUT2D eigenvalue weighted by molar-refractivity contribution is -0.151. The molecule has 1 aliphatic heterocycles. The Bertz CT molecular complexity index is 949. The normalized spacial score (nSPS) is 14.1. The van der Waals surface area contributed by atoms with Crippen molar-refractivity contribution in [1.82, 2.24) is 9.88 Å². The van der Waals surface area contributed by atoms with E-state index in [1.807, 2.05) is 41.1 Å². The van der Waals surface area contributed by atoms with Gasteiger partial charge in [0.1, 0.15) is 5.01 Å². The van der Waals surface area contributed by atoms with E-state index < -0.39 is 5.97 Å². The van der Waals surface area contributed by atoms with Crippen molar-refractivity contribution in [2.45, 2.75) is 6.42 Å². The monoisotopic (exact) mass is 427 g/mol. The molecule has 1 aliphatic rings. The number of thiazole rings is 1. The minimum absolute atomic E-state index is 0.0803. The van der Waals surface area contributed by atoms with Gasteiger partial charge in [0, 0.05) is 37.2 Å². The summed E-state index contributed by atoms with van der Waals surface area (Å²) in [5.74, 6) is -0.576. The fourth-order valence-electron chi connectivity index (χ4n) is 3.19. The van der Waals surface area contributed by atoms with Gasteiger partial charge in [-0.15, -0.1) is 22.7 Å². The van der Waals surface area contributed by atoms with Crippen LogP contribution in [-0.4, -0.2) is 54.5 Å². The number of esters is 1. The number of hydrogen-bond donors (Lipinski definition) is 0. The molecule has 0 atom stereocenters. The quantitative estimate of drug-likeness (QED) is 0.565. The SMILES string of the molecule is O=C(Cc1csc(-c2cccs2)n1)OCC(=O)N1CCN(c2ccccc2)CC1. The molecule has 4 rings (SSSR count). The first-order chi connectivity index (χ1) is 14.2. The van der Waals surface area contributed by atoms with E-state index in [0.29, 0.717) is 18.8 Å². The molecule has 1 fully saturated rings. The van der Waals surface area contributed by atoms with Gasteiger partial charge in [0.05, 0.1) is 17.0 Å². The van der Waals surface area contributed by atoms with Gasteiger partial charge in [0.2, 0.25) is 0 Å². The van der Waals surface area contributed by atoms with Gasteiger partial charge in [-0.1, -0.05) is 24.3 Å². The molecule has 1 amide bonds. The maximum Gasteiger partial charge on any atom is 0.312 e. The molecule has 0 bridgehead atoms. The van der Waals surface area contributed by atoms with Crippen LogP contribution in [0.25, 0.3) is 9.88 Å². The molecular formula is C21H21N3O3S2. The Morgan fingerprint density at radius 3 is 2.52 bits per heavy atom. The number of carbonyl (C=O) groups excluding carboxylic acids is 2. The molecular weight excluding hydrogens is 406 g/mol. The zero-order valence-corrected chi connectivity index (χ0v) is 17.5. The van der Waals surface area contributed by atoms with E-state index in [0.717, 1.165) is 28.7 Å². The van der Waals surface area contributed by atoms with Crippen molar-refractivity contribution in [3.8, 4) is 9.88 Å². The molecule has 29 heavy (non-hydrogen) atoms. The standard InChI is InChI=1S/C21H21N3O3S2/c25-19(24-10-8-23(9-11-24)17-5-2-1-3-6-17)14-27-20(26)13-16-15-29-21(22-16)18-7-4-12-28-18/h1-7,12,15H,8-11,13-14H2. The predicted octanol–water partition coefficient (Wildman–Crippen LogP) is 3.31. The van der Waals surface area contributed by atoms with Gasteiger partial charge < -0.3 is 14.5 Å². The van der Waals surface area contributed by atoms with Gasteiger partial charge in [-0.05, 0) is 23.6 Å². The number of amides is 1. The van der Waals surface area contributed by atoms with Gasteiger partial charge in [-0.3, -0.25) is 9.59 Å². The van der Waals surface area contributed by atoms with Gasteiger partial charge in [0.15, 0.2) is 6.61 Å². The zero-order valence-electron chi connectivity index (χ0n) is 15.8. The number of benzene rings is 1. The highest BCUT2D eigenvalue weighted by molar-refractivity contribution is 7.20. The van der Waals surface area contributed by atoms with E-state index in [1.165, 1.54) is 11.3 Å². The van der Waals surface area contributed by atoms with Crippen LogP contribution in [-0.2, 0) is 20.7 Å². The summed E-state index contributed by atoms with van der Waals surface area (Å²) in [6, 6.07) is 14.1. The Morgan fingerprint density at radius 1 is 1.00 bits per heavy atom. The minimum Gasteiger partial charge on any atom is -0.455 e. The number of nitrogens with zero attached hydrogens (tertiary/aromatic N) is 3. The molecule has 6 nitrogen and oxygen atoms in total. The second-order valence-electron chi connectivity index (χ2n) is 6.66. The number of anilines is 1. The van der Waals surface area contributed by atoms with Gasteiger partial charge in [-0.25, -0.2) is 4.98 Å². The summed E-state index contributed by atoms with van der Waals surface area (Å²) in [5.41, 5.74) is 1.84. The number of ether oxygens (including phenoxy) is 1.